The van der Waals surface area contributed by atoms with Crippen molar-refractivity contribution in [3.63, 3.8) is 0 Å². The molecule has 1 radical (unpaired) electrons. The molecule has 0 atom stereocenters. The summed E-state index contributed by atoms with van der Waals surface area (Å²) in [6.45, 7) is 3.66. The first-order valence-electron chi connectivity index (χ1n) is 3.78. The Bertz CT molecular complexity index is 289. The molecule has 0 aliphatic rings. The van der Waals surface area contributed by atoms with Crippen LogP contribution in [-0.4, -0.2) is 7.66 Å². The zero-order valence-corrected chi connectivity index (χ0v) is 9.48. The van der Waals surface area contributed by atoms with Crippen LogP contribution in [0.15, 0.2) is 36.9 Å². The SMILES string of the molecule is C=CCc1ccccc1O[Si](Cl)Cl. The lowest BCUT2D eigenvalue weighted by Gasteiger charge is -2.08. The molecule has 1 rings (SSSR count). The van der Waals surface area contributed by atoms with Gasteiger partial charge < -0.3 is 4.43 Å². The van der Waals surface area contributed by atoms with Crippen LogP contribution in [-0.2, 0) is 6.42 Å². The van der Waals surface area contributed by atoms with Gasteiger partial charge in [0.2, 0.25) is 0 Å². The predicted molar refractivity (Wildman–Crippen MR) is 58.4 cm³/mol. The average Bonchev–Trinajstić information content (AvgIpc) is 2.08. The fraction of sp³-hybridized carbons (Fsp3) is 0.111. The molecule has 0 unspecified atom stereocenters. The van der Waals surface area contributed by atoms with Crippen LogP contribution in [0.25, 0.3) is 0 Å². The molecule has 13 heavy (non-hydrogen) atoms. The lowest BCUT2D eigenvalue weighted by molar-refractivity contribution is 0.596. The highest BCUT2D eigenvalue weighted by atomic mass is 35.7. The van der Waals surface area contributed by atoms with Crippen LogP contribution in [0.4, 0.5) is 0 Å². The van der Waals surface area contributed by atoms with Gasteiger partial charge in [0.1, 0.15) is 5.75 Å². The fourth-order valence-corrected chi connectivity index (χ4v) is 1.87. The van der Waals surface area contributed by atoms with Crippen LogP contribution in [0, 0.1) is 0 Å². The summed E-state index contributed by atoms with van der Waals surface area (Å²) in [4.78, 5) is 0. The largest absolute Gasteiger partial charge is 0.517 e. The van der Waals surface area contributed by atoms with Gasteiger partial charge in [0.15, 0.2) is 0 Å². The van der Waals surface area contributed by atoms with Gasteiger partial charge in [0.25, 0.3) is 0 Å². The molecule has 0 bridgehead atoms. The summed E-state index contributed by atoms with van der Waals surface area (Å²) >= 11 is 11.2. The van der Waals surface area contributed by atoms with Gasteiger partial charge in [-0.15, -0.1) is 6.58 Å². The Morgan fingerprint density at radius 1 is 1.38 bits per heavy atom. The Balaban J connectivity index is 2.83. The standard InChI is InChI=1S/C9H9Cl2OSi/c1-2-5-8-6-3-4-7-9(8)12-13(10)11/h2-4,6-7H,1,5H2. The van der Waals surface area contributed by atoms with E-state index in [9.17, 15) is 0 Å². The number of benzene rings is 1. The Hall–Kier alpha value is -0.443. The van der Waals surface area contributed by atoms with Gasteiger partial charge in [0.05, 0.1) is 0 Å². The molecule has 0 aromatic heterocycles. The number of halogens is 2. The second-order valence-corrected chi connectivity index (χ2v) is 5.72. The van der Waals surface area contributed by atoms with E-state index >= 15 is 0 Å². The van der Waals surface area contributed by atoms with E-state index < -0.39 is 7.66 Å². The maximum absolute atomic E-state index is 5.60. The van der Waals surface area contributed by atoms with Gasteiger partial charge in [-0.2, -0.15) is 0 Å². The minimum absolute atomic E-state index is 0.751. The third-order valence-corrected chi connectivity index (χ3v) is 2.36. The van der Waals surface area contributed by atoms with E-state index in [1.807, 2.05) is 30.3 Å². The Morgan fingerprint density at radius 3 is 2.69 bits per heavy atom. The minimum Gasteiger partial charge on any atom is -0.517 e. The molecule has 0 saturated heterocycles. The van der Waals surface area contributed by atoms with Crippen LogP contribution in [0.2, 0.25) is 0 Å². The molecule has 0 aliphatic carbocycles. The van der Waals surface area contributed by atoms with Crippen molar-refractivity contribution in [3.8, 4) is 5.75 Å². The third kappa shape index (κ3) is 3.42. The molecule has 0 heterocycles. The quantitative estimate of drug-likeness (QED) is 0.440. The van der Waals surface area contributed by atoms with E-state index in [0.717, 1.165) is 17.7 Å². The molecule has 0 amide bonds. The maximum atomic E-state index is 5.60. The molecule has 0 fully saturated rings. The van der Waals surface area contributed by atoms with Crippen molar-refractivity contribution in [1.29, 1.82) is 0 Å². The lowest BCUT2D eigenvalue weighted by Crippen LogP contribution is -2.06. The molecule has 0 aliphatic heterocycles. The van der Waals surface area contributed by atoms with Gasteiger partial charge >= 0.3 is 7.66 Å². The van der Waals surface area contributed by atoms with Crippen LogP contribution in [0.1, 0.15) is 5.56 Å². The summed E-state index contributed by atoms with van der Waals surface area (Å²) in [7, 11) is -1.72. The van der Waals surface area contributed by atoms with Crippen LogP contribution < -0.4 is 4.43 Å². The van der Waals surface area contributed by atoms with E-state index in [1.165, 1.54) is 0 Å². The maximum Gasteiger partial charge on any atom is 0.511 e. The number of allylic oxidation sites excluding steroid dienone is 1. The molecule has 1 nitrogen and oxygen atoms in total. The summed E-state index contributed by atoms with van der Waals surface area (Å²) in [6.07, 6.45) is 2.58. The molecule has 4 heteroatoms. The van der Waals surface area contributed by atoms with Crippen molar-refractivity contribution in [3.05, 3.63) is 42.5 Å². The average molecular weight is 232 g/mol. The summed E-state index contributed by atoms with van der Waals surface area (Å²) in [5, 5.41) is 0. The van der Waals surface area contributed by atoms with Crippen molar-refractivity contribution < 1.29 is 4.43 Å². The summed E-state index contributed by atoms with van der Waals surface area (Å²) in [6, 6.07) is 7.66. The molecule has 0 spiro atoms. The van der Waals surface area contributed by atoms with Gasteiger partial charge in [-0.25, -0.2) is 0 Å². The van der Waals surface area contributed by atoms with Crippen molar-refractivity contribution in [2.75, 3.05) is 0 Å². The number of para-hydroxylation sites is 1. The minimum atomic E-state index is -1.72. The Morgan fingerprint density at radius 2 is 2.08 bits per heavy atom. The van der Waals surface area contributed by atoms with E-state index in [4.69, 9.17) is 26.6 Å². The second-order valence-electron chi connectivity index (χ2n) is 2.43. The second kappa shape index (κ2) is 5.32. The van der Waals surface area contributed by atoms with Crippen molar-refractivity contribution in [1.82, 2.24) is 0 Å². The van der Waals surface area contributed by atoms with E-state index in [0.29, 0.717) is 0 Å². The van der Waals surface area contributed by atoms with Gasteiger partial charge in [0, 0.05) is 0 Å². The van der Waals surface area contributed by atoms with Crippen LogP contribution in [0.3, 0.4) is 0 Å². The van der Waals surface area contributed by atoms with E-state index in [1.54, 1.807) is 0 Å². The Kier molecular flexibility index (Phi) is 4.35. The van der Waals surface area contributed by atoms with E-state index in [2.05, 4.69) is 6.58 Å². The molecule has 1 aromatic carbocycles. The van der Waals surface area contributed by atoms with Gasteiger partial charge in [-0.05, 0) is 18.1 Å². The monoisotopic (exact) mass is 231 g/mol. The normalized spacial score (nSPS) is 10.1. The highest BCUT2D eigenvalue weighted by molar-refractivity contribution is 7.31. The topological polar surface area (TPSA) is 9.23 Å². The zero-order chi connectivity index (χ0) is 9.68. The number of rotatable bonds is 4. The van der Waals surface area contributed by atoms with Crippen molar-refractivity contribution in [2.45, 2.75) is 6.42 Å². The lowest BCUT2D eigenvalue weighted by atomic mass is 10.1. The van der Waals surface area contributed by atoms with Crippen molar-refractivity contribution >= 4 is 29.8 Å². The summed E-state index contributed by atoms with van der Waals surface area (Å²) in [5.74, 6) is 0.751. The number of hydrogen-bond donors (Lipinski definition) is 0. The summed E-state index contributed by atoms with van der Waals surface area (Å²) < 4.78 is 5.28. The van der Waals surface area contributed by atoms with Crippen molar-refractivity contribution in [2.24, 2.45) is 0 Å². The molecular formula is C9H9Cl2OSi. The molecular weight excluding hydrogens is 223 g/mol. The van der Waals surface area contributed by atoms with Gasteiger partial charge in [-0.3, -0.25) is 0 Å². The first-order chi connectivity index (χ1) is 6.24. The van der Waals surface area contributed by atoms with Gasteiger partial charge in [-0.1, -0.05) is 46.4 Å². The number of hydrogen-bond acceptors (Lipinski definition) is 1. The predicted octanol–water partition coefficient (Wildman–Crippen LogP) is 3.26. The Labute approximate surface area is 89.1 Å². The highest BCUT2D eigenvalue weighted by Crippen LogP contribution is 2.20. The smallest absolute Gasteiger partial charge is 0.511 e. The fourth-order valence-electron chi connectivity index (χ4n) is 1.01. The first-order valence-corrected chi connectivity index (χ1v) is 7.22. The molecule has 1 aromatic rings. The zero-order valence-electron chi connectivity index (χ0n) is 6.97. The molecule has 0 N–H and O–H groups in total. The highest BCUT2D eigenvalue weighted by Gasteiger charge is 2.09. The summed E-state index contributed by atoms with van der Waals surface area (Å²) in [5.41, 5.74) is 1.06. The molecule has 0 saturated carbocycles. The van der Waals surface area contributed by atoms with Crippen LogP contribution >= 0.6 is 22.2 Å². The van der Waals surface area contributed by atoms with E-state index in [-0.39, 0.29) is 0 Å². The molecule has 69 valence electrons. The third-order valence-electron chi connectivity index (χ3n) is 1.52. The first kappa shape index (κ1) is 10.6. The van der Waals surface area contributed by atoms with Crippen LogP contribution in [0.5, 0.6) is 5.75 Å².